The molecule has 0 saturated heterocycles. The third-order valence-corrected chi connectivity index (χ3v) is 3.23. The second-order valence-corrected chi connectivity index (χ2v) is 5.09. The van der Waals surface area contributed by atoms with Gasteiger partial charge in [-0.1, -0.05) is 12.6 Å². The predicted molar refractivity (Wildman–Crippen MR) is 93.3 cm³/mol. The lowest BCUT2D eigenvalue weighted by molar-refractivity contribution is 1.32. The highest BCUT2D eigenvalue weighted by Gasteiger charge is 2.10. The zero-order valence-electron chi connectivity index (χ0n) is 12.8. The Bertz CT molecular complexity index is 682. The molecule has 2 aromatic rings. The molecule has 0 heterocycles. The second-order valence-electron chi connectivity index (χ2n) is 5.09. The van der Waals surface area contributed by atoms with E-state index in [0.717, 1.165) is 33.9 Å². The minimum absolute atomic E-state index is 0.744. The zero-order valence-corrected chi connectivity index (χ0v) is 12.8. The molecule has 0 amide bonds. The molecule has 3 heteroatoms. The van der Waals surface area contributed by atoms with Crippen LogP contribution in [0.1, 0.15) is 23.6 Å². The Labute approximate surface area is 126 Å². The number of nitrogens with one attached hydrogen (secondary N) is 1. The Kier molecular flexibility index (Phi) is 4.43. The second kappa shape index (κ2) is 6.27. The van der Waals surface area contributed by atoms with Gasteiger partial charge in [-0.3, -0.25) is 4.99 Å². The van der Waals surface area contributed by atoms with Crippen LogP contribution in [0.5, 0.6) is 0 Å². The molecule has 0 saturated carbocycles. The Balaban J connectivity index is 2.36. The van der Waals surface area contributed by atoms with Crippen LogP contribution in [-0.2, 0) is 0 Å². The van der Waals surface area contributed by atoms with Crippen LogP contribution in [0.4, 0.5) is 17.1 Å². The number of rotatable bonds is 4. The maximum absolute atomic E-state index is 5.70. The summed E-state index contributed by atoms with van der Waals surface area (Å²) in [6, 6.07) is 11.8. The molecule has 3 N–H and O–H groups in total. The van der Waals surface area contributed by atoms with Crippen LogP contribution in [0.3, 0.4) is 0 Å². The molecule has 0 aliphatic rings. The lowest BCUT2D eigenvalue weighted by atomic mass is 10.0. The smallest absolute Gasteiger partial charge is 0.0723 e. The molecule has 108 valence electrons. The van der Waals surface area contributed by atoms with E-state index in [0.29, 0.717) is 0 Å². The van der Waals surface area contributed by atoms with E-state index in [1.165, 1.54) is 5.56 Å². The summed E-state index contributed by atoms with van der Waals surface area (Å²) in [6.07, 6.45) is 1.80. The summed E-state index contributed by atoms with van der Waals surface area (Å²) >= 11 is 0. The first-order chi connectivity index (χ1) is 10.0. The fourth-order valence-corrected chi connectivity index (χ4v) is 2.38. The maximum Gasteiger partial charge on any atom is 0.0723 e. The number of aryl methyl sites for hydroxylation is 2. The Morgan fingerprint density at radius 2 is 1.86 bits per heavy atom. The van der Waals surface area contributed by atoms with Crippen molar-refractivity contribution in [3.05, 3.63) is 59.7 Å². The van der Waals surface area contributed by atoms with Crippen LogP contribution < -0.4 is 11.1 Å². The normalized spacial score (nSPS) is 10.8. The molecular weight excluding hydrogens is 258 g/mol. The highest BCUT2D eigenvalue weighted by molar-refractivity contribution is 5.84. The Hall–Kier alpha value is -2.55. The summed E-state index contributed by atoms with van der Waals surface area (Å²) in [5.41, 5.74) is 12.6. The number of aliphatic imine (C=N–C) groups is 1. The van der Waals surface area contributed by atoms with E-state index < -0.39 is 0 Å². The van der Waals surface area contributed by atoms with Crippen molar-refractivity contribution < 1.29 is 0 Å². The van der Waals surface area contributed by atoms with Crippen LogP contribution in [0.15, 0.2) is 48.0 Å². The van der Waals surface area contributed by atoms with Crippen LogP contribution in [0, 0.1) is 13.8 Å². The molecule has 21 heavy (non-hydrogen) atoms. The van der Waals surface area contributed by atoms with Crippen molar-refractivity contribution in [3.8, 4) is 0 Å². The zero-order chi connectivity index (χ0) is 15.4. The number of hydrogen-bond acceptors (Lipinski definition) is 3. The molecule has 0 spiro atoms. The average molecular weight is 279 g/mol. The van der Waals surface area contributed by atoms with Crippen molar-refractivity contribution in [2.45, 2.75) is 20.8 Å². The van der Waals surface area contributed by atoms with Gasteiger partial charge in [0.15, 0.2) is 0 Å². The summed E-state index contributed by atoms with van der Waals surface area (Å²) < 4.78 is 0. The predicted octanol–water partition coefficient (Wildman–Crippen LogP) is 4.69. The van der Waals surface area contributed by atoms with Gasteiger partial charge in [0.2, 0.25) is 0 Å². The highest BCUT2D eigenvalue weighted by atomic mass is 14.9. The van der Waals surface area contributed by atoms with Crippen molar-refractivity contribution in [2.75, 3.05) is 11.1 Å². The first-order valence-corrected chi connectivity index (χ1v) is 6.93. The van der Waals surface area contributed by atoms with Crippen molar-refractivity contribution >= 4 is 29.0 Å². The van der Waals surface area contributed by atoms with E-state index in [4.69, 9.17) is 5.73 Å². The van der Waals surface area contributed by atoms with Crippen LogP contribution in [0.25, 0.3) is 5.70 Å². The van der Waals surface area contributed by atoms with Crippen LogP contribution in [-0.4, -0.2) is 6.21 Å². The average Bonchev–Trinajstić information content (AvgIpc) is 2.41. The maximum atomic E-state index is 5.70. The minimum Gasteiger partial charge on any atom is -0.399 e. The van der Waals surface area contributed by atoms with Gasteiger partial charge >= 0.3 is 0 Å². The quantitative estimate of drug-likeness (QED) is 0.630. The topological polar surface area (TPSA) is 50.4 Å². The van der Waals surface area contributed by atoms with Gasteiger partial charge in [0.05, 0.1) is 5.69 Å². The molecular formula is C18H21N3. The van der Waals surface area contributed by atoms with E-state index in [2.05, 4.69) is 42.9 Å². The van der Waals surface area contributed by atoms with Gasteiger partial charge in [-0.2, -0.15) is 0 Å². The van der Waals surface area contributed by atoms with Gasteiger partial charge in [-0.15, -0.1) is 0 Å². The summed E-state index contributed by atoms with van der Waals surface area (Å²) in [5.74, 6) is 0. The number of nitrogen functional groups attached to an aromatic ring is 1. The van der Waals surface area contributed by atoms with Crippen molar-refractivity contribution in [1.82, 2.24) is 0 Å². The van der Waals surface area contributed by atoms with Gasteiger partial charge in [0, 0.05) is 28.8 Å². The number of nitrogens with zero attached hydrogens (tertiary/aromatic N) is 1. The van der Waals surface area contributed by atoms with Gasteiger partial charge in [0.25, 0.3) is 0 Å². The molecule has 0 unspecified atom stereocenters. The molecule has 0 aliphatic carbocycles. The van der Waals surface area contributed by atoms with E-state index in [-0.39, 0.29) is 0 Å². The molecule has 0 fully saturated rings. The fraction of sp³-hybridized carbons (Fsp3) is 0.167. The van der Waals surface area contributed by atoms with Crippen molar-refractivity contribution in [3.63, 3.8) is 0 Å². The van der Waals surface area contributed by atoms with Crippen molar-refractivity contribution in [2.24, 2.45) is 4.99 Å². The summed E-state index contributed by atoms with van der Waals surface area (Å²) in [6.45, 7) is 10.2. The molecule has 0 atom stereocenters. The minimum atomic E-state index is 0.744. The summed E-state index contributed by atoms with van der Waals surface area (Å²) in [5, 5.41) is 3.32. The lowest BCUT2D eigenvalue weighted by Crippen LogP contribution is -2.00. The van der Waals surface area contributed by atoms with E-state index in [1.807, 2.05) is 31.2 Å². The first kappa shape index (κ1) is 14.9. The molecule has 0 radical (unpaired) electrons. The number of benzene rings is 2. The van der Waals surface area contributed by atoms with E-state index in [9.17, 15) is 0 Å². The van der Waals surface area contributed by atoms with Crippen molar-refractivity contribution in [1.29, 1.82) is 0 Å². The van der Waals surface area contributed by atoms with Gasteiger partial charge in [-0.05, 0) is 62.2 Å². The summed E-state index contributed by atoms with van der Waals surface area (Å²) in [4.78, 5) is 4.46. The largest absolute Gasteiger partial charge is 0.399 e. The van der Waals surface area contributed by atoms with Gasteiger partial charge in [0.1, 0.15) is 0 Å². The third kappa shape index (κ3) is 3.51. The fourth-order valence-electron chi connectivity index (χ4n) is 2.38. The van der Waals surface area contributed by atoms with E-state index >= 15 is 0 Å². The molecule has 0 aromatic heterocycles. The van der Waals surface area contributed by atoms with E-state index in [1.54, 1.807) is 6.21 Å². The Morgan fingerprint density at radius 1 is 1.19 bits per heavy atom. The highest BCUT2D eigenvalue weighted by Crippen LogP contribution is 2.31. The van der Waals surface area contributed by atoms with Gasteiger partial charge in [-0.25, -0.2) is 0 Å². The van der Waals surface area contributed by atoms with Gasteiger partial charge < -0.3 is 11.1 Å². The molecule has 2 rings (SSSR count). The van der Waals surface area contributed by atoms with Crippen LogP contribution >= 0.6 is 0 Å². The monoisotopic (exact) mass is 279 g/mol. The molecule has 2 aromatic carbocycles. The third-order valence-electron chi connectivity index (χ3n) is 3.23. The molecule has 0 aliphatic heterocycles. The number of anilines is 2. The van der Waals surface area contributed by atoms with Crippen LogP contribution in [0.2, 0.25) is 0 Å². The molecule has 3 nitrogen and oxygen atoms in total. The first-order valence-electron chi connectivity index (χ1n) is 6.93. The number of hydrogen-bond donors (Lipinski definition) is 2. The lowest BCUT2D eigenvalue weighted by Gasteiger charge is -2.15. The number of nitrogens with two attached hydrogens (primary N) is 1. The summed E-state index contributed by atoms with van der Waals surface area (Å²) in [7, 11) is 0. The molecule has 0 bridgehead atoms. The standard InChI is InChI=1S/C18H21N3/c1-5-20-17-11-12(2)10-13(3)18(17)14(4)21-16-8-6-15(19)7-9-16/h5-11,21H,4,19H2,1-3H3. The SMILES string of the molecule is C=C(Nc1ccc(N)cc1)c1c(C)cc(C)cc1N=CC. The Morgan fingerprint density at radius 3 is 2.48 bits per heavy atom.